The SMILES string of the molecule is CCCCCOCc1ccc(COCCCCC)c2c1-c1nc-2nc2[nH]c(nc3nc(nc4[nH]c(n1)c1c(COCCCCC)ccc(COCCCCC)c41)-c1c(COCCCCC)ccc(COCCCCC)c1-3)c1c(COCCCCC)ccc(COCCCCC)c21. The summed E-state index contributed by atoms with van der Waals surface area (Å²) in [5.74, 6) is 2.03. The Morgan fingerprint density at radius 1 is 0.219 bits per heavy atom. The van der Waals surface area contributed by atoms with E-state index in [2.05, 4.69) is 114 Å². The summed E-state index contributed by atoms with van der Waals surface area (Å²) in [5, 5.41) is 3.55. The van der Waals surface area contributed by atoms with Gasteiger partial charge >= 0.3 is 0 Å². The van der Waals surface area contributed by atoms with E-state index in [1.54, 1.807) is 0 Å². The molecule has 0 unspecified atom stereocenters. The largest absolute Gasteiger partial charge is 0.377 e. The lowest BCUT2D eigenvalue weighted by Crippen LogP contribution is -2.03. The molecule has 7 aromatic rings. The van der Waals surface area contributed by atoms with Gasteiger partial charge in [-0.15, -0.1) is 0 Å². The van der Waals surface area contributed by atoms with E-state index >= 15 is 0 Å². The minimum atomic E-state index is 0.359. The van der Waals surface area contributed by atoms with Crippen LogP contribution >= 0.6 is 0 Å². The van der Waals surface area contributed by atoms with Gasteiger partial charge < -0.3 is 47.9 Å². The number of rotatable bonds is 48. The van der Waals surface area contributed by atoms with Gasteiger partial charge in [0.2, 0.25) is 0 Å². The highest BCUT2D eigenvalue weighted by molar-refractivity contribution is 6.10. The van der Waals surface area contributed by atoms with Crippen molar-refractivity contribution in [3.8, 4) is 45.6 Å². The third-order valence-electron chi connectivity index (χ3n) is 18.3. The first kappa shape index (κ1) is 74.2. The number of aromatic amines is 2. The third kappa shape index (κ3) is 20.1. The van der Waals surface area contributed by atoms with Gasteiger partial charge in [0.1, 0.15) is 22.6 Å². The molecule has 16 heteroatoms. The fraction of sp³-hybridized carbons (Fsp3) is 0.600. The molecule has 0 fully saturated rings. The number of nitrogens with zero attached hydrogens (tertiary/aromatic N) is 6. The predicted molar refractivity (Wildman–Crippen MR) is 390 cm³/mol. The molecule has 16 nitrogen and oxygen atoms in total. The van der Waals surface area contributed by atoms with Crippen molar-refractivity contribution >= 4 is 44.1 Å². The van der Waals surface area contributed by atoms with E-state index < -0.39 is 0 Å². The van der Waals surface area contributed by atoms with Crippen LogP contribution in [0.3, 0.4) is 0 Å². The van der Waals surface area contributed by atoms with E-state index in [0.29, 0.717) is 152 Å². The average molecular weight is 1320 g/mol. The second kappa shape index (κ2) is 40.7. The molecule has 2 aliphatic rings. The van der Waals surface area contributed by atoms with Crippen LogP contribution in [0.25, 0.3) is 89.7 Å². The van der Waals surface area contributed by atoms with Crippen molar-refractivity contribution in [3.63, 3.8) is 0 Å². The zero-order chi connectivity index (χ0) is 67.1. The minimum absolute atomic E-state index is 0.359. The number of ether oxygens (including phenoxy) is 8. The summed E-state index contributed by atoms with van der Waals surface area (Å²) in [6, 6.07) is 17.5. The van der Waals surface area contributed by atoms with Gasteiger partial charge in [0, 0.05) is 96.7 Å². The van der Waals surface area contributed by atoms with Crippen molar-refractivity contribution in [3.05, 3.63) is 93.0 Å². The summed E-state index contributed by atoms with van der Waals surface area (Å²) >= 11 is 0. The maximum atomic E-state index is 6.63. The Labute approximate surface area is 573 Å². The van der Waals surface area contributed by atoms with Crippen LogP contribution in [0.5, 0.6) is 0 Å². The summed E-state index contributed by atoms with van der Waals surface area (Å²) < 4.78 is 53.0. The van der Waals surface area contributed by atoms with Crippen LogP contribution in [-0.2, 0) is 90.7 Å². The molecule has 8 bridgehead atoms. The minimum Gasteiger partial charge on any atom is -0.377 e. The molecule has 0 amide bonds. The average Bonchev–Trinajstić information content (AvgIpc) is 1.63. The number of aromatic nitrogens is 8. The van der Waals surface area contributed by atoms with Crippen molar-refractivity contribution in [2.24, 2.45) is 0 Å². The Kier molecular flexibility index (Phi) is 31.5. The molecule has 0 radical (unpaired) electrons. The Bertz CT molecular complexity index is 3230. The Morgan fingerprint density at radius 3 is 0.562 bits per heavy atom. The smallest absolute Gasteiger partial charge is 0.165 e. The van der Waals surface area contributed by atoms with Gasteiger partial charge in [-0.25, -0.2) is 29.9 Å². The van der Waals surface area contributed by atoms with Gasteiger partial charge in [0.05, 0.1) is 52.9 Å². The van der Waals surface area contributed by atoms with Gasteiger partial charge in [0.15, 0.2) is 23.3 Å². The quantitative estimate of drug-likeness (QED) is 0.0344. The molecule has 96 heavy (non-hydrogen) atoms. The fourth-order valence-corrected chi connectivity index (χ4v) is 12.9. The van der Waals surface area contributed by atoms with Crippen LogP contribution in [0, 0.1) is 0 Å². The van der Waals surface area contributed by atoms with E-state index in [1.807, 2.05) is 0 Å². The first-order chi connectivity index (χ1) is 47.4. The van der Waals surface area contributed by atoms with Gasteiger partial charge in [-0.1, -0.05) is 207 Å². The number of H-pyrrole nitrogens is 2. The summed E-state index contributed by atoms with van der Waals surface area (Å²) in [6.45, 7) is 25.7. The van der Waals surface area contributed by atoms with Crippen molar-refractivity contribution in [2.75, 3.05) is 52.9 Å². The zero-order valence-electron chi connectivity index (χ0n) is 59.9. The van der Waals surface area contributed by atoms with Crippen molar-refractivity contribution in [1.82, 2.24) is 39.9 Å². The number of nitrogens with one attached hydrogen (secondary N) is 2. The van der Waals surface area contributed by atoms with Crippen molar-refractivity contribution < 1.29 is 37.9 Å². The predicted octanol–water partition coefficient (Wildman–Crippen LogP) is 20.5. The summed E-state index contributed by atoms with van der Waals surface area (Å²) in [6.07, 6.45) is 25.3. The lowest BCUT2D eigenvalue weighted by molar-refractivity contribution is 0.115. The molecule has 5 heterocycles. The van der Waals surface area contributed by atoms with E-state index in [0.717, 1.165) is 242 Å². The second-order valence-electron chi connectivity index (χ2n) is 26.2. The molecule has 2 N–H and O–H groups in total. The number of hydrogen-bond acceptors (Lipinski definition) is 14. The van der Waals surface area contributed by atoms with Crippen LogP contribution in [0.1, 0.15) is 254 Å². The monoisotopic (exact) mass is 1310 g/mol. The third-order valence-corrected chi connectivity index (χ3v) is 18.3. The topological polar surface area (TPSA) is 183 Å². The lowest BCUT2D eigenvalue weighted by atomic mass is 9.96. The van der Waals surface area contributed by atoms with E-state index in [1.165, 1.54) is 0 Å². The molecular weight excluding hydrogens is 1200 g/mol. The van der Waals surface area contributed by atoms with Crippen LogP contribution in [0.4, 0.5) is 0 Å². The van der Waals surface area contributed by atoms with E-state index in [9.17, 15) is 0 Å². The van der Waals surface area contributed by atoms with Gasteiger partial charge in [-0.3, -0.25) is 0 Å². The van der Waals surface area contributed by atoms with Crippen LogP contribution in [0.2, 0.25) is 0 Å². The molecule has 0 aliphatic carbocycles. The Morgan fingerprint density at radius 2 is 0.385 bits per heavy atom. The molecule has 0 atom stereocenters. The molecule has 2 aliphatic heterocycles. The normalized spacial score (nSPS) is 12.1. The van der Waals surface area contributed by atoms with Gasteiger partial charge in [0.25, 0.3) is 0 Å². The highest BCUT2D eigenvalue weighted by atomic mass is 16.5. The molecule has 3 aromatic heterocycles. The van der Waals surface area contributed by atoms with E-state index in [4.69, 9.17) is 67.8 Å². The number of benzene rings is 4. The number of fused-ring (bicyclic) bond motifs is 20. The first-order valence-electron chi connectivity index (χ1n) is 37.4. The van der Waals surface area contributed by atoms with Crippen molar-refractivity contribution in [1.29, 1.82) is 0 Å². The number of unbranched alkanes of at least 4 members (excludes halogenated alkanes) is 16. The maximum Gasteiger partial charge on any atom is 0.165 e. The highest BCUT2D eigenvalue weighted by Crippen LogP contribution is 2.44. The van der Waals surface area contributed by atoms with E-state index in [-0.39, 0.29) is 0 Å². The van der Waals surface area contributed by atoms with Crippen molar-refractivity contribution in [2.45, 2.75) is 262 Å². The van der Waals surface area contributed by atoms with Crippen LogP contribution in [-0.4, -0.2) is 92.7 Å². The maximum absolute atomic E-state index is 6.63. The zero-order valence-corrected chi connectivity index (χ0v) is 59.9. The molecular formula is C80H114N8O8. The first-order valence-corrected chi connectivity index (χ1v) is 37.4. The van der Waals surface area contributed by atoms with Gasteiger partial charge in [-0.2, -0.15) is 0 Å². The molecule has 4 aromatic carbocycles. The number of hydrogen-bond donors (Lipinski definition) is 2. The Hall–Kier alpha value is -6.08. The standard InChI is InChI=1S/C80H114N8O8/c1-9-17-25-41-89-49-57-33-34-58(50-90-42-26-18-10-2)66-65(57)73-81-74(66)86-76-69-61(53-93-45-29-21-13-5)37-38-62(54-94-46-30-22-14-6)70(69)78(83-76)88-80-72-64(56-96-48-32-24-16-8)40-39-63(55-95-47-31-23-15-7)71(72)79(84-80)87-77-68-60(52-92-44-28-20-12-4)36-35-59(51-91-43-27-19-11-3)67(68)75(82-77)85-73/h33-40H,9-32,41-56H2,1-8H3,(H2,81,82,83,84,85,86,87,88). The summed E-state index contributed by atoms with van der Waals surface area (Å²) in [7, 11) is 0. The molecule has 0 spiro atoms. The fourth-order valence-electron chi connectivity index (χ4n) is 12.9. The highest BCUT2D eigenvalue weighted by Gasteiger charge is 2.31. The molecule has 0 saturated heterocycles. The summed E-state index contributed by atoms with van der Waals surface area (Å²) in [5.41, 5.74) is 13.6. The molecule has 0 saturated carbocycles. The summed E-state index contributed by atoms with van der Waals surface area (Å²) in [4.78, 5) is 42.3. The lowest BCUT2D eigenvalue weighted by Gasteiger charge is -2.14. The Balaban J connectivity index is 1.45. The molecule has 522 valence electrons. The molecule has 9 rings (SSSR count). The van der Waals surface area contributed by atoms with Crippen LogP contribution in [0.15, 0.2) is 48.5 Å². The second-order valence-corrected chi connectivity index (χ2v) is 26.2. The van der Waals surface area contributed by atoms with Crippen LogP contribution < -0.4 is 0 Å². The van der Waals surface area contributed by atoms with Gasteiger partial charge in [-0.05, 0) is 95.9 Å².